The first-order chi connectivity index (χ1) is 16.5. The van der Waals surface area contributed by atoms with E-state index in [2.05, 4.69) is 42.1 Å². The van der Waals surface area contributed by atoms with Gasteiger partial charge in [-0.15, -0.1) is 16.4 Å². The van der Waals surface area contributed by atoms with Crippen LogP contribution in [-0.4, -0.2) is 25.4 Å². The highest BCUT2D eigenvalue weighted by Crippen LogP contribution is 2.36. The fraction of sp³-hybridized carbons (Fsp3) is 0.0455. The van der Waals surface area contributed by atoms with E-state index < -0.39 is 5.82 Å². The standard InChI is InChI=1S/C22H13Cl2FN8S/c23-15-6-12(1-3-16(15)25)29-20-13-5-11(2-4-17(13)31-22(24)14(20)7-26)30-21(18-8-28-33-32-18)19-9-27-10-34-19/h1-6,8-10,21,30H,(H,29,31)(H,28,32,33)/t21-/m1/s1. The third-order valence-corrected chi connectivity index (χ3v) is 6.42. The largest absolute Gasteiger partial charge is 0.372 e. The number of aromatic nitrogens is 5. The normalized spacial score (nSPS) is 11.8. The quantitative estimate of drug-likeness (QED) is 0.237. The third-order valence-electron chi connectivity index (χ3n) is 5.02. The number of fused-ring (bicyclic) bond motifs is 1. The first-order valence-electron chi connectivity index (χ1n) is 9.80. The lowest BCUT2D eigenvalue weighted by atomic mass is 10.1. The zero-order valence-electron chi connectivity index (χ0n) is 17.1. The molecule has 2 aromatic carbocycles. The third kappa shape index (κ3) is 4.24. The van der Waals surface area contributed by atoms with Crippen LogP contribution >= 0.6 is 34.5 Å². The Kier molecular flexibility index (Phi) is 5.98. The molecule has 0 fully saturated rings. The molecule has 12 heteroatoms. The molecule has 0 aliphatic rings. The second-order valence-electron chi connectivity index (χ2n) is 7.13. The summed E-state index contributed by atoms with van der Waals surface area (Å²) in [5, 5.41) is 27.7. The summed E-state index contributed by atoms with van der Waals surface area (Å²) in [6.45, 7) is 0. The summed E-state index contributed by atoms with van der Waals surface area (Å²) in [4.78, 5) is 9.46. The number of pyridine rings is 1. The number of H-pyrrole nitrogens is 1. The Labute approximate surface area is 206 Å². The molecule has 3 aromatic heterocycles. The number of thiazole rings is 1. The van der Waals surface area contributed by atoms with Gasteiger partial charge in [-0.2, -0.15) is 5.26 Å². The maximum absolute atomic E-state index is 13.6. The molecule has 0 amide bonds. The topological polar surface area (TPSA) is 115 Å². The maximum atomic E-state index is 13.6. The first-order valence-corrected chi connectivity index (χ1v) is 11.4. The molecule has 3 heterocycles. The Balaban J connectivity index is 1.60. The molecule has 168 valence electrons. The predicted octanol–water partition coefficient (Wildman–Crippen LogP) is 6.07. The minimum Gasteiger partial charge on any atom is -0.372 e. The Morgan fingerprint density at radius 1 is 1.15 bits per heavy atom. The van der Waals surface area contributed by atoms with Crippen LogP contribution in [0.5, 0.6) is 0 Å². The van der Waals surface area contributed by atoms with Crippen molar-refractivity contribution in [3.8, 4) is 6.07 Å². The van der Waals surface area contributed by atoms with E-state index in [0.717, 1.165) is 10.6 Å². The number of benzene rings is 2. The smallest absolute Gasteiger partial charge is 0.149 e. The van der Waals surface area contributed by atoms with E-state index in [9.17, 15) is 9.65 Å². The van der Waals surface area contributed by atoms with Gasteiger partial charge in [0.25, 0.3) is 0 Å². The van der Waals surface area contributed by atoms with Crippen molar-refractivity contribution in [3.63, 3.8) is 0 Å². The Hall–Kier alpha value is -3.78. The molecule has 0 aliphatic carbocycles. The van der Waals surface area contributed by atoms with Crippen molar-refractivity contribution in [3.05, 3.63) is 86.4 Å². The van der Waals surface area contributed by atoms with Crippen LogP contribution in [0.2, 0.25) is 10.2 Å². The van der Waals surface area contributed by atoms with Gasteiger partial charge < -0.3 is 10.6 Å². The molecule has 0 unspecified atom stereocenters. The summed E-state index contributed by atoms with van der Waals surface area (Å²) in [6, 6.07) is 11.5. The number of hydrogen-bond acceptors (Lipinski definition) is 8. The molecule has 0 saturated heterocycles. The number of rotatable bonds is 6. The lowest BCUT2D eigenvalue weighted by Gasteiger charge is -2.18. The average molecular weight is 511 g/mol. The van der Waals surface area contributed by atoms with E-state index in [1.54, 1.807) is 24.0 Å². The molecule has 3 N–H and O–H groups in total. The zero-order valence-corrected chi connectivity index (χ0v) is 19.4. The molecule has 0 saturated carbocycles. The van der Waals surface area contributed by atoms with Crippen LogP contribution in [0.3, 0.4) is 0 Å². The molecular weight excluding hydrogens is 498 g/mol. The number of nitrogens with one attached hydrogen (secondary N) is 3. The van der Waals surface area contributed by atoms with E-state index in [1.807, 2.05) is 12.1 Å². The lowest BCUT2D eigenvalue weighted by molar-refractivity contribution is 0.628. The van der Waals surface area contributed by atoms with Crippen molar-refractivity contribution >= 4 is 62.5 Å². The minimum atomic E-state index is -0.543. The van der Waals surface area contributed by atoms with Crippen LogP contribution in [0.4, 0.5) is 21.5 Å². The highest BCUT2D eigenvalue weighted by atomic mass is 35.5. The van der Waals surface area contributed by atoms with Crippen molar-refractivity contribution in [1.82, 2.24) is 25.4 Å². The fourth-order valence-corrected chi connectivity index (χ4v) is 4.54. The second-order valence-corrected chi connectivity index (χ2v) is 8.81. The van der Waals surface area contributed by atoms with Gasteiger partial charge in [0.05, 0.1) is 26.6 Å². The molecule has 34 heavy (non-hydrogen) atoms. The molecular formula is C22H13Cl2FN8S. The summed E-state index contributed by atoms with van der Waals surface area (Å²) >= 11 is 13.7. The van der Waals surface area contributed by atoms with Crippen LogP contribution in [0, 0.1) is 17.1 Å². The van der Waals surface area contributed by atoms with E-state index in [-0.39, 0.29) is 21.8 Å². The zero-order chi connectivity index (χ0) is 23.7. The molecule has 8 nitrogen and oxygen atoms in total. The number of nitrogens with zero attached hydrogens (tertiary/aromatic N) is 5. The van der Waals surface area contributed by atoms with E-state index in [4.69, 9.17) is 23.2 Å². The van der Waals surface area contributed by atoms with Crippen molar-refractivity contribution < 1.29 is 4.39 Å². The highest BCUT2D eigenvalue weighted by molar-refractivity contribution is 7.09. The average Bonchev–Trinajstić information content (AvgIpc) is 3.55. The maximum Gasteiger partial charge on any atom is 0.149 e. The molecule has 0 aliphatic heterocycles. The van der Waals surface area contributed by atoms with Crippen LogP contribution in [-0.2, 0) is 0 Å². The molecule has 0 spiro atoms. The van der Waals surface area contributed by atoms with E-state index in [0.29, 0.717) is 28.0 Å². The first kappa shape index (κ1) is 22.0. The van der Waals surface area contributed by atoms with Gasteiger partial charge in [0, 0.05) is 29.2 Å². The summed E-state index contributed by atoms with van der Waals surface area (Å²) in [6.07, 6.45) is 3.47. The fourth-order valence-electron chi connectivity index (χ4n) is 3.45. The number of nitriles is 1. The summed E-state index contributed by atoms with van der Waals surface area (Å²) in [5.74, 6) is -0.543. The summed E-state index contributed by atoms with van der Waals surface area (Å²) in [7, 11) is 0. The lowest BCUT2D eigenvalue weighted by Crippen LogP contribution is -2.11. The minimum absolute atomic E-state index is 0.0460. The van der Waals surface area contributed by atoms with Crippen LogP contribution < -0.4 is 10.6 Å². The number of aromatic amines is 1. The van der Waals surface area contributed by atoms with Crippen LogP contribution in [0.15, 0.2) is 54.3 Å². The molecule has 0 bridgehead atoms. The molecule has 5 rings (SSSR count). The SMILES string of the molecule is N#Cc1c(Cl)nc2ccc(N[C@H](c3c[nH]nn3)c3cncs3)cc2c1Nc1ccc(F)c(Cl)c1. The number of anilines is 3. The van der Waals surface area contributed by atoms with Gasteiger partial charge >= 0.3 is 0 Å². The van der Waals surface area contributed by atoms with Gasteiger partial charge in [-0.25, -0.2) is 9.37 Å². The molecule has 0 radical (unpaired) electrons. The number of halogens is 3. The highest BCUT2D eigenvalue weighted by Gasteiger charge is 2.20. The Morgan fingerprint density at radius 2 is 2.00 bits per heavy atom. The van der Waals surface area contributed by atoms with Crippen molar-refractivity contribution in [1.29, 1.82) is 5.26 Å². The summed E-state index contributed by atoms with van der Waals surface area (Å²) < 4.78 is 13.6. The Morgan fingerprint density at radius 3 is 2.71 bits per heavy atom. The van der Waals surface area contributed by atoms with Crippen LogP contribution in [0.1, 0.15) is 22.2 Å². The van der Waals surface area contributed by atoms with Gasteiger partial charge in [0.2, 0.25) is 0 Å². The van der Waals surface area contributed by atoms with Crippen LogP contribution in [0.25, 0.3) is 10.9 Å². The second kappa shape index (κ2) is 9.23. The number of hydrogen-bond donors (Lipinski definition) is 3. The van der Waals surface area contributed by atoms with E-state index >= 15 is 0 Å². The van der Waals surface area contributed by atoms with Gasteiger partial charge in [-0.3, -0.25) is 10.1 Å². The van der Waals surface area contributed by atoms with Gasteiger partial charge in [-0.05, 0) is 36.4 Å². The Bertz CT molecular complexity index is 1480. The molecule has 5 aromatic rings. The van der Waals surface area contributed by atoms with E-state index in [1.165, 1.54) is 29.5 Å². The van der Waals surface area contributed by atoms with Gasteiger partial charge in [0.15, 0.2) is 0 Å². The van der Waals surface area contributed by atoms with Crippen molar-refractivity contribution in [2.24, 2.45) is 0 Å². The summed E-state index contributed by atoms with van der Waals surface area (Å²) in [5.41, 5.74) is 4.82. The van der Waals surface area contributed by atoms with Gasteiger partial charge in [-0.1, -0.05) is 28.4 Å². The predicted molar refractivity (Wildman–Crippen MR) is 130 cm³/mol. The van der Waals surface area contributed by atoms with Crippen molar-refractivity contribution in [2.75, 3.05) is 10.6 Å². The monoisotopic (exact) mass is 510 g/mol. The van der Waals surface area contributed by atoms with Gasteiger partial charge in [0.1, 0.15) is 34.3 Å². The van der Waals surface area contributed by atoms with Crippen molar-refractivity contribution in [2.45, 2.75) is 6.04 Å². The molecule has 1 atom stereocenters.